The number of anilines is 1. The molecule has 0 spiro atoms. The van der Waals surface area contributed by atoms with Crippen molar-refractivity contribution in [2.75, 3.05) is 5.32 Å². The smallest absolute Gasteiger partial charge is 0.211 e. The van der Waals surface area contributed by atoms with Gasteiger partial charge < -0.3 is 10.1 Å². The van der Waals surface area contributed by atoms with E-state index in [1.54, 1.807) is 42.5 Å². The van der Waals surface area contributed by atoms with Crippen molar-refractivity contribution in [3.05, 3.63) is 52.5 Å². The molecule has 0 unspecified atom stereocenters. The Morgan fingerprint density at radius 3 is 2.39 bits per heavy atom. The van der Waals surface area contributed by atoms with E-state index in [1.807, 2.05) is 0 Å². The lowest BCUT2D eigenvalue weighted by molar-refractivity contribution is -0.105. The van der Waals surface area contributed by atoms with Gasteiger partial charge in [0.25, 0.3) is 0 Å². The van der Waals surface area contributed by atoms with Gasteiger partial charge >= 0.3 is 0 Å². The number of halogens is 2. The predicted octanol–water partition coefficient (Wildman–Crippen LogP) is 4.35. The lowest BCUT2D eigenvalue weighted by Crippen LogP contribution is -1.93. The summed E-state index contributed by atoms with van der Waals surface area (Å²) in [6, 6.07) is 11.9. The molecule has 0 aromatic heterocycles. The SMILES string of the molecule is O=CNc1ccc(Oc2ccc(Cl)cc2Cl)cc1. The molecule has 0 heterocycles. The third-order valence-electron chi connectivity index (χ3n) is 2.20. The second-order valence-electron chi connectivity index (χ2n) is 3.46. The average molecular weight is 282 g/mol. The highest BCUT2D eigenvalue weighted by atomic mass is 35.5. The zero-order valence-electron chi connectivity index (χ0n) is 9.19. The Labute approximate surface area is 114 Å². The van der Waals surface area contributed by atoms with Crippen molar-refractivity contribution in [3.63, 3.8) is 0 Å². The topological polar surface area (TPSA) is 38.3 Å². The van der Waals surface area contributed by atoms with E-state index in [-0.39, 0.29) is 0 Å². The van der Waals surface area contributed by atoms with Crippen LogP contribution < -0.4 is 10.1 Å². The van der Waals surface area contributed by atoms with Crippen LogP contribution in [0.5, 0.6) is 11.5 Å². The van der Waals surface area contributed by atoms with Crippen LogP contribution in [0.25, 0.3) is 0 Å². The summed E-state index contributed by atoms with van der Waals surface area (Å²) >= 11 is 11.8. The number of hydrogen-bond donors (Lipinski definition) is 1. The van der Waals surface area contributed by atoms with Gasteiger partial charge in [-0.1, -0.05) is 23.2 Å². The molecule has 0 aliphatic carbocycles. The molecule has 0 fully saturated rings. The van der Waals surface area contributed by atoms with Crippen LogP contribution in [0.2, 0.25) is 10.0 Å². The van der Waals surface area contributed by atoms with Gasteiger partial charge in [-0.15, -0.1) is 0 Å². The molecule has 0 saturated heterocycles. The van der Waals surface area contributed by atoms with Gasteiger partial charge in [0.15, 0.2) is 0 Å². The number of nitrogens with one attached hydrogen (secondary N) is 1. The van der Waals surface area contributed by atoms with E-state index in [1.165, 1.54) is 0 Å². The van der Waals surface area contributed by atoms with Crippen molar-refractivity contribution in [2.24, 2.45) is 0 Å². The van der Waals surface area contributed by atoms with Crippen LogP contribution in [0.4, 0.5) is 5.69 Å². The monoisotopic (exact) mass is 281 g/mol. The molecule has 0 atom stereocenters. The minimum absolute atomic E-state index is 0.442. The van der Waals surface area contributed by atoms with Gasteiger partial charge in [-0.3, -0.25) is 4.79 Å². The first kappa shape index (κ1) is 12.7. The number of ether oxygens (including phenoxy) is 1. The first-order valence-electron chi connectivity index (χ1n) is 5.12. The molecule has 0 aliphatic rings. The third-order valence-corrected chi connectivity index (χ3v) is 2.73. The van der Waals surface area contributed by atoms with Gasteiger partial charge in [0.05, 0.1) is 5.02 Å². The van der Waals surface area contributed by atoms with Crippen molar-refractivity contribution >= 4 is 35.3 Å². The lowest BCUT2D eigenvalue weighted by atomic mass is 10.3. The van der Waals surface area contributed by atoms with Crippen LogP contribution in [0, 0.1) is 0 Å². The van der Waals surface area contributed by atoms with Crippen LogP contribution >= 0.6 is 23.2 Å². The maximum atomic E-state index is 10.3. The minimum atomic E-state index is 0.442. The molecule has 1 amide bonds. The highest BCUT2D eigenvalue weighted by Gasteiger charge is 2.03. The number of carbonyl (C=O) groups is 1. The summed E-state index contributed by atoms with van der Waals surface area (Å²) in [6.45, 7) is 0. The highest BCUT2D eigenvalue weighted by Crippen LogP contribution is 2.31. The molecule has 2 rings (SSSR count). The van der Waals surface area contributed by atoms with Gasteiger partial charge in [0.2, 0.25) is 6.41 Å². The lowest BCUT2D eigenvalue weighted by Gasteiger charge is -2.08. The van der Waals surface area contributed by atoms with Crippen LogP contribution in [0.15, 0.2) is 42.5 Å². The van der Waals surface area contributed by atoms with Crippen LogP contribution in [0.3, 0.4) is 0 Å². The second kappa shape index (κ2) is 5.76. The van der Waals surface area contributed by atoms with E-state index in [0.717, 1.165) is 0 Å². The predicted molar refractivity (Wildman–Crippen MR) is 72.7 cm³/mol. The number of amides is 1. The van der Waals surface area contributed by atoms with Crippen molar-refractivity contribution in [1.29, 1.82) is 0 Å². The number of hydrogen-bond acceptors (Lipinski definition) is 2. The fourth-order valence-corrected chi connectivity index (χ4v) is 1.82. The molecule has 0 saturated carbocycles. The van der Waals surface area contributed by atoms with E-state index in [0.29, 0.717) is 33.6 Å². The Balaban J connectivity index is 2.15. The summed E-state index contributed by atoms with van der Waals surface area (Å²) < 4.78 is 5.59. The molecule has 1 N–H and O–H groups in total. The Hall–Kier alpha value is -1.71. The Morgan fingerprint density at radius 2 is 1.78 bits per heavy atom. The van der Waals surface area contributed by atoms with Gasteiger partial charge in [-0.05, 0) is 42.5 Å². The molecule has 0 bridgehead atoms. The number of carbonyl (C=O) groups excluding carboxylic acids is 1. The highest BCUT2D eigenvalue weighted by molar-refractivity contribution is 6.35. The first-order valence-corrected chi connectivity index (χ1v) is 5.88. The van der Waals surface area contributed by atoms with Gasteiger partial charge in [0.1, 0.15) is 11.5 Å². The maximum Gasteiger partial charge on any atom is 0.211 e. The van der Waals surface area contributed by atoms with Crippen molar-refractivity contribution in [3.8, 4) is 11.5 Å². The summed E-state index contributed by atoms with van der Waals surface area (Å²) in [7, 11) is 0. The standard InChI is InChI=1S/C13H9Cl2NO2/c14-9-1-6-13(12(15)7-9)18-11-4-2-10(3-5-11)16-8-17/h1-8H,(H,16,17). The fraction of sp³-hybridized carbons (Fsp3) is 0. The summed E-state index contributed by atoms with van der Waals surface area (Å²) in [4.78, 5) is 10.3. The summed E-state index contributed by atoms with van der Waals surface area (Å²) in [5, 5.41) is 3.53. The first-order chi connectivity index (χ1) is 8.69. The maximum absolute atomic E-state index is 10.3. The van der Waals surface area contributed by atoms with Crippen molar-refractivity contribution in [1.82, 2.24) is 0 Å². The zero-order chi connectivity index (χ0) is 13.0. The Morgan fingerprint density at radius 1 is 1.06 bits per heavy atom. The largest absolute Gasteiger partial charge is 0.456 e. The van der Waals surface area contributed by atoms with E-state index in [4.69, 9.17) is 27.9 Å². The molecule has 0 aliphatic heterocycles. The molecule has 92 valence electrons. The van der Waals surface area contributed by atoms with Gasteiger partial charge in [-0.2, -0.15) is 0 Å². The Bertz CT molecular complexity index is 555. The van der Waals surface area contributed by atoms with E-state index < -0.39 is 0 Å². The van der Waals surface area contributed by atoms with Crippen molar-refractivity contribution in [2.45, 2.75) is 0 Å². The minimum Gasteiger partial charge on any atom is -0.456 e. The molecule has 0 radical (unpaired) electrons. The molecular weight excluding hydrogens is 273 g/mol. The Kier molecular flexibility index (Phi) is 4.07. The average Bonchev–Trinajstić information content (AvgIpc) is 2.35. The molecule has 5 heteroatoms. The van der Waals surface area contributed by atoms with E-state index in [2.05, 4.69) is 5.32 Å². The number of rotatable bonds is 4. The normalized spacial score (nSPS) is 9.89. The molecule has 2 aromatic carbocycles. The summed E-state index contributed by atoms with van der Waals surface area (Å²) in [6.07, 6.45) is 0.617. The third kappa shape index (κ3) is 3.15. The van der Waals surface area contributed by atoms with Gasteiger partial charge in [-0.25, -0.2) is 0 Å². The molecular formula is C13H9Cl2NO2. The molecule has 18 heavy (non-hydrogen) atoms. The zero-order valence-corrected chi connectivity index (χ0v) is 10.7. The van der Waals surface area contributed by atoms with E-state index >= 15 is 0 Å². The number of benzene rings is 2. The van der Waals surface area contributed by atoms with Crippen LogP contribution in [-0.2, 0) is 4.79 Å². The van der Waals surface area contributed by atoms with Crippen LogP contribution in [-0.4, -0.2) is 6.41 Å². The van der Waals surface area contributed by atoms with Crippen molar-refractivity contribution < 1.29 is 9.53 Å². The van der Waals surface area contributed by atoms with Gasteiger partial charge in [0, 0.05) is 10.7 Å². The second-order valence-corrected chi connectivity index (χ2v) is 4.31. The molecule has 3 nitrogen and oxygen atoms in total. The summed E-state index contributed by atoms with van der Waals surface area (Å²) in [5.74, 6) is 1.15. The molecule has 2 aromatic rings. The summed E-state index contributed by atoms with van der Waals surface area (Å²) in [5.41, 5.74) is 0.694. The quantitative estimate of drug-likeness (QED) is 0.846. The fourth-order valence-electron chi connectivity index (χ4n) is 1.37. The van der Waals surface area contributed by atoms with E-state index in [9.17, 15) is 4.79 Å². The van der Waals surface area contributed by atoms with Crippen LogP contribution in [0.1, 0.15) is 0 Å².